The van der Waals surface area contributed by atoms with Gasteiger partial charge in [-0.25, -0.2) is 0 Å². The zero-order valence-electron chi connectivity index (χ0n) is 7.93. The fraction of sp³-hybridized carbons (Fsp3) is 0.333. The Morgan fingerprint density at radius 3 is 3.00 bits per heavy atom. The van der Waals surface area contributed by atoms with Crippen molar-refractivity contribution in [1.82, 2.24) is 4.98 Å². The van der Waals surface area contributed by atoms with Crippen LogP contribution in [0.1, 0.15) is 5.69 Å². The number of ether oxygens (including phenoxy) is 1. The van der Waals surface area contributed by atoms with Crippen LogP contribution in [0, 0.1) is 0 Å². The summed E-state index contributed by atoms with van der Waals surface area (Å²) < 4.78 is 4.49. The van der Waals surface area contributed by atoms with Gasteiger partial charge in [-0.05, 0) is 12.1 Å². The molecule has 0 unspecified atom stereocenters. The predicted octanol–water partition coefficient (Wildman–Crippen LogP) is -0.293. The number of nitrogen functional groups attached to an aromatic ring is 1. The third kappa shape index (κ3) is 2.70. The number of nitrogens with zero attached hydrogens (tertiary/aromatic N) is 1. The van der Waals surface area contributed by atoms with Crippen LogP contribution >= 0.6 is 0 Å². The molecular weight excluding hydrogens is 182 g/mol. The normalized spacial score (nSPS) is 12.1. The summed E-state index contributed by atoms with van der Waals surface area (Å²) >= 11 is 0. The molecule has 0 bridgehead atoms. The molecule has 0 aliphatic carbocycles. The van der Waals surface area contributed by atoms with E-state index in [1.165, 1.54) is 7.11 Å². The lowest BCUT2D eigenvalue weighted by atomic mass is 10.1. The summed E-state index contributed by atoms with van der Waals surface area (Å²) in [6.45, 7) is 0. The number of anilines is 1. The van der Waals surface area contributed by atoms with Gasteiger partial charge in [-0.15, -0.1) is 0 Å². The largest absolute Gasteiger partial charge is 0.468 e. The van der Waals surface area contributed by atoms with Crippen LogP contribution in [0.15, 0.2) is 18.3 Å². The molecule has 0 spiro atoms. The first kappa shape index (κ1) is 10.5. The molecule has 0 radical (unpaired) electrons. The summed E-state index contributed by atoms with van der Waals surface area (Å²) in [5.74, 6) is -0.450. The van der Waals surface area contributed by atoms with Gasteiger partial charge >= 0.3 is 5.97 Å². The number of pyridine rings is 1. The lowest BCUT2D eigenvalue weighted by Crippen LogP contribution is -2.33. The van der Waals surface area contributed by atoms with Crippen molar-refractivity contribution in [3.05, 3.63) is 24.0 Å². The van der Waals surface area contributed by atoms with Crippen LogP contribution in [0.5, 0.6) is 0 Å². The summed E-state index contributed by atoms with van der Waals surface area (Å²) in [7, 11) is 1.30. The molecule has 1 rings (SSSR count). The first-order chi connectivity index (χ1) is 6.63. The minimum Gasteiger partial charge on any atom is -0.468 e. The van der Waals surface area contributed by atoms with Gasteiger partial charge in [0.15, 0.2) is 0 Å². The second kappa shape index (κ2) is 4.57. The van der Waals surface area contributed by atoms with Gasteiger partial charge in [0.25, 0.3) is 0 Å². The third-order valence-corrected chi connectivity index (χ3v) is 1.77. The van der Waals surface area contributed by atoms with Crippen molar-refractivity contribution in [2.45, 2.75) is 12.5 Å². The van der Waals surface area contributed by atoms with E-state index >= 15 is 0 Å². The summed E-state index contributed by atoms with van der Waals surface area (Å²) in [5, 5.41) is 0. The van der Waals surface area contributed by atoms with Crippen molar-refractivity contribution in [2.24, 2.45) is 5.73 Å². The average molecular weight is 195 g/mol. The van der Waals surface area contributed by atoms with E-state index in [0.29, 0.717) is 17.8 Å². The van der Waals surface area contributed by atoms with Crippen LogP contribution in [0.3, 0.4) is 0 Å². The molecule has 0 aromatic carbocycles. The molecule has 0 saturated carbocycles. The highest BCUT2D eigenvalue weighted by Gasteiger charge is 2.14. The number of carbonyl (C=O) groups excluding carboxylic acids is 1. The molecule has 0 amide bonds. The maximum absolute atomic E-state index is 11.0. The molecule has 1 atom stereocenters. The summed E-state index contributed by atoms with van der Waals surface area (Å²) in [6, 6.07) is 2.67. The van der Waals surface area contributed by atoms with Crippen molar-refractivity contribution in [3.63, 3.8) is 0 Å². The van der Waals surface area contributed by atoms with Crippen molar-refractivity contribution in [1.29, 1.82) is 0 Å². The van der Waals surface area contributed by atoms with Crippen molar-refractivity contribution in [2.75, 3.05) is 12.8 Å². The second-order valence-corrected chi connectivity index (χ2v) is 2.91. The first-order valence-corrected chi connectivity index (χ1v) is 4.17. The maximum atomic E-state index is 11.0. The number of nitrogens with two attached hydrogens (primary N) is 2. The Balaban J connectivity index is 2.64. The van der Waals surface area contributed by atoms with Crippen LogP contribution in [-0.4, -0.2) is 24.1 Å². The van der Waals surface area contributed by atoms with Crippen LogP contribution in [0.4, 0.5) is 5.69 Å². The Labute approximate surface area is 82.1 Å². The number of carbonyl (C=O) groups is 1. The first-order valence-electron chi connectivity index (χ1n) is 4.17. The standard InChI is InChI=1S/C9H13N3O2/c1-14-9(13)8(11)5-7-4-6(10)2-3-12-7/h2-4,8H,5,11H2,1H3,(H2,10,12)/t8-/m1/s1. The highest BCUT2D eigenvalue weighted by atomic mass is 16.5. The van der Waals surface area contributed by atoms with Crippen LogP contribution < -0.4 is 11.5 Å². The molecular formula is C9H13N3O2. The summed E-state index contributed by atoms with van der Waals surface area (Å²) in [6.07, 6.45) is 1.91. The van der Waals surface area contributed by atoms with E-state index in [-0.39, 0.29) is 0 Å². The van der Waals surface area contributed by atoms with Crippen LogP contribution in [0.2, 0.25) is 0 Å². The van der Waals surface area contributed by atoms with Gasteiger partial charge in [-0.3, -0.25) is 9.78 Å². The van der Waals surface area contributed by atoms with Gasteiger partial charge in [0.05, 0.1) is 7.11 Å². The molecule has 76 valence electrons. The monoisotopic (exact) mass is 195 g/mol. The fourth-order valence-electron chi connectivity index (χ4n) is 1.07. The SMILES string of the molecule is COC(=O)[C@H](N)Cc1cc(N)ccn1. The molecule has 0 aliphatic rings. The predicted molar refractivity (Wildman–Crippen MR) is 52.3 cm³/mol. The van der Waals surface area contributed by atoms with Gasteiger partial charge in [0, 0.05) is 24.0 Å². The Hall–Kier alpha value is -1.62. The van der Waals surface area contributed by atoms with E-state index in [1.54, 1.807) is 18.3 Å². The third-order valence-electron chi connectivity index (χ3n) is 1.77. The zero-order chi connectivity index (χ0) is 10.6. The van der Waals surface area contributed by atoms with E-state index < -0.39 is 12.0 Å². The van der Waals surface area contributed by atoms with Crippen LogP contribution in [0.25, 0.3) is 0 Å². The van der Waals surface area contributed by atoms with Gasteiger partial charge < -0.3 is 16.2 Å². The number of esters is 1. The molecule has 1 heterocycles. The molecule has 0 fully saturated rings. The quantitative estimate of drug-likeness (QED) is 0.646. The second-order valence-electron chi connectivity index (χ2n) is 2.91. The molecule has 14 heavy (non-hydrogen) atoms. The van der Waals surface area contributed by atoms with Gasteiger partial charge in [-0.2, -0.15) is 0 Å². The number of methoxy groups -OCH3 is 1. The Kier molecular flexibility index (Phi) is 3.41. The summed E-state index contributed by atoms with van der Waals surface area (Å²) in [4.78, 5) is 15.0. The van der Waals surface area contributed by atoms with Crippen molar-refractivity contribution in [3.8, 4) is 0 Å². The van der Waals surface area contributed by atoms with Gasteiger partial charge in [-0.1, -0.05) is 0 Å². The molecule has 1 aromatic heterocycles. The number of aromatic nitrogens is 1. The highest BCUT2D eigenvalue weighted by Crippen LogP contribution is 2.05. The van der Waals surface area contributed by atoms with E-state index in [1.807, 2.05) is 0 Å². The van der Waals surface area contributed by atoms with Gasteiger partial charge in [0.1, 0.15) is 6.04 Å². The van der Waals surface area contributed by atoms with E-state index in [2.05, 4.69) is 9.72 Å². The lowest BCUT2D eigenvalue weighted by molar-refractivity contribution is -0.142. The minimum atomic E-state index is -0.686. The number of rotatable bonds is 3. The smallest absolute Gasteiger partial charge is 0.323 e. The number of hydrogen-bond acceptors (Lipinski definition) is 5. The molecule has 5 nitrogen and oxygen atoms in total. The lowest BCUT2D eigenvalue weighted by Gasteiger charge is -2.08. The highest BCUT2D eigenvalue weighted by molar-refractivity contribution is 5.75. The van der Waals surface area contributed by atoms with E-state index in [0.717, 1.165) is 0 Å². The average Bonchev–Trinajstić information content (AvgIpc) is 2.16. The topological polar surface area (TPSA) is 91.2 Å². The zero-order valence-corrected chi connectivity index (χ0v) is 7.93. The Bertz CT molecular complexity index is 328. The molecule has 4 N–H and O–H groups in total. The van der Waals surface area contributed by atoms with Crippen molar-refractivity contribution < 1.29 is 9.53 Å². The molecule has 0 saturated heterocycles. The van der Waals surface area contributed by atoms with Crippen molar-refractivity contribution >= 4 is 11.7 Å². The Morgan fingerprint density at radius 1 is 1.71 bits per heavy atom. The Morgan fingerprint density at radius 2 is 2.43 bits per heavy atom. The minimum absolute atomic E-state index is 0.331. The van der Waals surface area contributed by atoms with E-state index in [9.17, 15) is 4.79 Å². The molecule has 1 aromatic rings. The summed E-state index contributed by atoms with van der Waals surface area (Å²) in [5.41, 5.74) is 12.4. The van der Waals surface area contributed by atoms with Gasteiger partial charge in [0.2, 0.25) is 0 Å². The molecule has 5 heteroatoms. The van der Waals surface area contributed by atoms with Crippen LogP contribution in [-0.2, 0) is 16.0 Å². The number of hydrogen-bond donors (Lipinski definition) is 2. The van der Waals surface area contributed by atoms with E-state index in [4.69, 9.17) is 11.5 Å². The molecule has 0 aliphatic heterocycles. The maximum Gasteiger partial charge on any atom is 0.323 e. The fourth-order valence-corrected chi connectivity index (χ4v) is 1.07.